The first-order valence-corrected chi connectivity index (χ1v) is 13.7. The van der Waals surface area contributed by atoms with Crippen molar-refractivity contribution in [3.8, 4) is 5.75 Å². The van der Waals surface area contributed by atoms with Crippen molar-refractivity contribution in [3.05, 3.63) is 39.7 Å². The smallest absolute Gasteiger partial charge is 0.255 e. The van der Waals surface area contributed by atoms with Crippen molar-refractivity contribution in [2.24, 2.45) is 17.6 Å². The minimum atomic E-state index is -2.64. The number of fused-ring (bicyclic) bond motifs is 3. The molecule has 1 aromatic rings. The second kappa shape index (κ2) is 9.90. The number of carbonyl (C=O) groups excluding carboxylic acids is 3. The number of anilines is 1. The normalized spacial score (nSPS) is 28.9. The number of Topliss-reactive ketones (excluding diaryl/α,β-unsaturated/α-hetero) is 2. The van der Waals surface area contributed by atoms with Crippen LogP contribution in [0.5, 0.6) is 5.75 Å². The number of carbonyl (C=O) groups is 3. The third kappa shape index (κ3) is 4.02. The number of phenols is 1. The number of nitrogens with zero attached hydrogens (tertiary/aromatic N) is 3. The largest absolute Gasteiger partial charge is 0.508 e. The Morgan fingerprint density at radius 1 is 1.10 bits per heavy atom. The summed E-state index contributed by atoms with van der Waals surface area (Å²) in [6, 6.07) is 0.814. The third-order valence-corrected chi connectivity index (χ3v) is 9.10. The molecule has 0 radical (unpaired) electrons. The Hall–Kier alpha value is -3.41. The highest BCUT2D eigenvalue weighted by molar-refractivity contribution is 6.24. The quantitative estimate of drug-likeness (QED) is 0.331. The molecule has 40 heavy (non-hydrogen) atoms. The van der Waals surface area contributed by atoms with Gasteiger partial charge in [-0.1, -0.05) is 6.42 Å². The molecule has 0 bridgehead atoms. The van der Waals surface area contributed by atoms with E-state index in [4.69, 9.17) is 5.73 Å². The van der Waals surface area contributed by atoms with Crippen LogP contribution < -0.4 is 10.6 Å². The number of amides is 1. The molecule has 11 nitrogen and oxygen atoms in total. The number of likely N-dealkylation sites (N-methyl/N-ethyl adjacent to an activating group) is 1. The molecule has 5 rings (SSSR count). The molecule has 6 N–H and O–H groups in total. The molecule has 1 saturated heterocycles. The maximum Gasteiger partial charge on any atom is 0.255 e. The van der Waals surface area contributed by atoms with Crippen molar-refractivity contribution >= 4 is 28.9 Å². The number of primary amides is 1. The minimum absolute atomic E-state index is 0.0644. The summed E-state index contributed by atoms with van der Waals surface area (Å²) >= 11 is 0. The molecule has 4 atom stereocenters. The van der Waals surface area contributed by atoms with E-state index in [1.54, 1.807) is 14.1 Å². The SMILES string of the molecule is CN(C)c1cc(CN2CCCCC2)c(O)c2c1C[C@H]1C[C@H]3C(N(C)C)C(=O)C(C(N)=O)=C(O)[C@@]3(O)C(=O)C1=C2O. The van der Waals surface area contributed by atoms with E-state index in [0.717, 1.165) is 38.0 Å². The van der Waals surface area contributed by atoms with Crippen LogP contribution in [0.15, 0.2) is 23.0 Å². The third-order valence-electron chi connectivity index (χ3n) is 9.10. The van der Waals surface area contributed by atoms with Crippen LogP contribution in [0.2, 0.25) is 0 Å². The Kier molecular flexibility index (Phi) is 6.96. The number of benzene rings is 1. The second-order valence-electron chi connectivity index (χ2n) is 11.9. The Balaban J connectivity index is 1.69. The molecular formula is C29H38N4O7. The first kappa shape index (κ1) is 28.1. The van der Waals surface area contributed by atoms with Crippen LogP contribution in [-0.4, -0.2) is 101 Å². The monoisotopic (exact) mass is 554 g/mol. The van der Waals surface area contributed by atoms with Gasteiger partial charge in [0.05, 0.1) is 11.6 Å². The maximum atomic E-state index is 14.1. The van der Waals surface area contributed by atoms with E-state index in [-0.39, 0.29) is 29.7 Å². The van der Waals surface area contributed by atoms with Crippen molar-refractivity contribution in [2.75, 3.05) is 46.2 Å². The lowest BCUT2D eigenvalue weighted by molar-refractivity contribution is -0.153. The highest BCUT2D eigenvalue weighted by atomic mass is 16.3. The molecule has 1 amide bonds. The van der Waals surface area contributed by atoms with Crippen molar-refractivity contribution in [3.63, 3.8) is 0 Å². The molecule has 11 heteroatoms. The van der Waals surface area contributed by atoms with Crippen molar-refractivity contribution in [1.82, 2.24) is 9.80 Å². The van der Waals surface area contributed by atoms with Crippen LogP contribution >= 0.6 is 0 Å². The first-order chi connectivity index (χ1) is 18.8. The highest BCUT2D eigenvalue weighted by Gasteiger charge is 2.64. The molecule has 216 valence electrons. The number of aromatic hydroxyl groups is 1. The van der Waals surface area contributed by atoms with E-state index in [9.17, 15) is 34.8 Å². The summed E-state index contributed by atoms with van der Waals surface area (Å²) in [6.45, 7) is 2.27. The van der Waals surface area contributed by atoms with Gasteiger partial charge in [0, 0.05) is 43.4 Å². The fourth-order valence-corrected chi connectivity index (χ4v) is 7.22. The Bertz CT molecular complexity index is 1360. The number of phenolic OH excluding ortho intramolecular Hbond substituents is 1. The van der Waals surface area contributed by atoms with Gasteiger partial charge in [-0.05, 0) is 70.4 Å². The summed E-state index contributed by atoms with van der Waals surface area (Å²) in [5.74, 6) is -6.38. The van der Waals surface area contributed by atoms with Crippen LogP contribution in [0.25, 0.3) is 5.76 Å². The first-order valence-electron chi connectivity index (χ1n) is 13.7. The Morgan fingerprint density at radius 3 is 2.33 bits per heavy atom. The number of aliphatic hydroxyl groups is 3. The topological polar surface area (TPSA) is 168 Å². The van der Waals surface area contributed by atoms with Crippen molar-refractivity contribution < 1.29 is 34.8 Å². The molecular weight excluding hydrogens is 516 g/mol. The average Bonchev–Trinajstić information content (AvgIpc) is 2.87. The zero-order valence-electron chi connectivity index (χ0n) is 23.4. The molecule has 4 aliphatic rings. The summed E-state index contributed by atoms with van der Waals surface area (Å²) in [6.07, 6.45) is 3.62. The number of aliphatic hydroxyl groups excluding tert-OH is 2. The van der Waals surface area contributed by atoms with Crippen molar-refractivity contribution in [1.29, 1.82) is 0 Å². The number of ketones is 2. The molecule has 1 saturated carbocycles. The number of likely N-dealkylation sites (tertiary alicyclic amines) is 1. The van der Waals surface area contributed by atoms with Crippen molar-refractivity contribution in [2.45, 2.75) is 50.3 Å². The predicted octanol–water partition coefficient (Wildman–Crippen LogP) is 1.02. The van der Waals surface area contributed by atoms with Gasteiger partial charge in [-0.25, -0.2) is 0 Å². The van der Waals surface area contributed by atoms with Crippen LogP contribution in [0.3, 0.4) is 0 Å². The minimum Gasteiger partial charge on any atom is -0.508 e. The fourth-order valence-electron chi connectivity index (χ4n) is 7.22. The molecule has 3 aliphatic carbocycles. The van der Waals surface area contributed by atoms with Gasteiger partial charge in [0.2, 0.25) is 5.78 Å². The fraction of sp³-hybridized carbons (Fsp3) is 0.552. The van der Waals surface area contributed by atoms with E-state index in [2.05, 4.69) is 4.90 Å². The lowest BCUT2D eigenvalue weighted by atomic mass is 9.57. The Labute approximate surface area is 233 Å². The van der Waals surface area contributed by atoms with Gasteiger partial charge in [0.15, 0.2) is 11.4 Å². The lowest BCUT2D eigenvalue weighted by Gasteiger charge is -2.50. The number of hydrogen-bond donors (Lipinski definition) is 5. The van der Waals surface area contributed by atoms with Gasteiger partial charge in [-0.2, -0.15) is 0 Å². The van der Waals surface area contributed by atoms with Crippen LogP contribution in [0, 0.1) is 11.8 Å². The van der Waals surface area contributed by atoms with Gasteiger partial charge in [0.25, 0.3) is 5.91 Å². The van der Waals surface area contributed by atoms with E-state index in [1.165, 1.54) is 4.90 Å². The zero-order chi connectivity index (χ0) is 29.3. The molecule has 1 unspecified atom stereocenters. The number of rotatable bonds is 5. The van der Waals surface area contributed by atoms with Gasteiger partial charge >= 0.3 is 0 Å². The van der Waals surface area contributed by atoms with E-state index in [0.29, 0.717) is 17.7 Å². The highest BCUT2D eigenvalue weighted by Crippen LogP contribution is 2.54. The summed E-state index contributed by atoms with van der Waals surface area (Å²) < 4.78 is 0. The summed E-state index contributed by atoms with van der Waals surface area (Å²) in [7, 11) is 6.90. The van der Waals surface area contributed by atoms with E-state index in [1.807, 2.05) is 25.1 Å². The van der Waals surface area contributed by atoms with Crippen LogP contribution in [0.4, 0.5) is 5.69 Å². The van der Waals surface area contributed by atoms with Crippen LogP contribution in [-0.2, 0) is 27.3 Å². The summed E-state index contributed by atoms with van der Waals surface area (Å²) in [4.78, 5) is 45.1. The van der Waals surface area contributed by atoms with Gasteiger partial charge in [0.1, 0.15) is 22.8 Å². The van der Waals surface area contributed by atoms with Gasteiger partial charge in [-0.3, -0.25) is 24.2 Å². The predicted molar refractivity (Wildman–Crippen MR) is 148 cm³/mol. The number of hydrogen-bond acceptors (Lipinski definition) is 10. The molecule has 0 aromatic heterocycles. The van der Waals surface area contributed by atoms with Crippen LogP contribution in [0.1, 0.15) is 42.4 Å². The lowest BCUT2D eigenvalue weighted by Crippen LogP contribution is -2.65. The number of piperidine rings is 1. The Morgan fingerprint density at radius 2 is 1.75 bits per heavy atom. The average molecular weight is 555 g/mol. The molecule has 1 aliphatic heterocycles. The number of nitrogens with two attached hydrogens (primary N) is 1. The summed E-state index contributed by atoms with van der Waals surface area (Å²) in [5, 5.41) is 45.9. The van der Waals surface area contributed by atoms with Gasteiger partial charge < -0.3 is 31.1 Å². The maximum absolute atomic E-state index is 14.1. The standard InChI is InChI=1S/C29H38N4O7/c1-31(2)18-12-15(13-33-8-6-5-7-9-33)23(34)20-16(18)10-14-11-17-22(32(3)4)25(36)21(28(30)39)27(38)29(17,40)26(37)19(14)24(20)35/h12,14,17,22,34-35,38,40H,5-11,13H2,1-4H3,(H2,30,39)/t14-,17-,22?,29-/m0/s1. The molecule has 2 fully saturated rings. The zero-order valence-corrected chi connectivity index (χ0v) is 23.4. The molecule has 0 spiro atoms. The van der Waals surface area contributed by atoms with E-state index >= 15 is 0 Å². The molecule has 1 aromatic carbocycles. The second-order valence-corrected chi connectivity index (χ2v) is 11.9. The van der Waals surface area contributed by atoms with E-state index < -0.39 is 58.0 Å². The van der Waals surface area contributed by atoms with Gasteiger partial charge in [-0.15, -0.1) is 0 Å². The molecule has 1 heterocycles. The summed E-state index contributed by atoms with van der Waals surface area (Å²) in [5.41, 5.74) is 4.00.